The van der Waals surface area contributed by atoms with Gasteiger partial charge in [-0.15, -0.1) is 16.4 Å². The van der Waals surface area contributed by atoms with E-state index in [0.717, 1.165) is 27.6 Å². The zero-order valence-corrected chi connectivity index (χ0v) is 16.6. The number of carbonyl (C=O) groups is 1. The summed E-state index contributed by atoms with van der Waals surface area (Å²) in [5.74, 6) is 1.04. The molecule has 4 aromatic rings. The number of amides is 1. The second-order valence-electron chi connectivity index (χ2n) is 6.45. The first-order valence-electron chi connectivity index (χ1n) is 8.80. The van der Waals surface area contributed by atoms with Crippen molar-refractivity contribution in [2.75, 3.05) is 5.32 Å². The van der Waals surface area contributed by atoms with Crippen LogP contribution in [0.1, 0.15) is 33.2 Å². The van der Waals surface area contributed by atoms with Gasteiger partial charge in [-0.2, -0.15) is 0 Å². The molecule has 0 spiro atoms. The predicted molar refractivity (Wildman–Crippen MR) is 108 cm³/mol. The zero-order valence-electron chi connectivity index (χ0n) is 15.8. The van der Waals surface area contributed by atoms with Gasteiger partial charge in [0.1, 0.15) is 11.5 Å². The first kappa shape index (κ1) is 18.1. The summed E-state index contributed by atoms with van der Waals surface area (Å²) in [6.45, 7) is 6.02. The number of nitrogens with one attached hydrogen (secondary N) is 1. The van der Waals surface area contributed by atoms with Crippen molar-refractivity contribution >= 4 is 22.9 Å². The first-order chi connectivity index (χ1) is 13.5. The summed E-state index contributed by atoms with van der Waals surface area (Å²) >= 11 is 1.57. The highest BCUT2D eigenvalue weighted by atomic mass is 32.1. The van der Waals surface area contributed by atoms with Gasteiger partial charge in [0, 0.05) is 5.69 Å². The van der Waals surface area contributed by atoms with Crippen LogP contribution in [0.3, 0.4) is 0 Å². The van der Waals surface area contributed by atoms with Gasteiger partial charge >= 0.3 is 0 Å². The fraction of sp³-hybridized carbons (Fsp3) is 0.200. The maximum atomic E-state index is 12.6. The van der Waals surface area contributed by atoms with E-state index in [1.807, 2.05) is 62.5 Å². The molecule has 3 heterocycles. The van der Waals surface area contributed by atoms with Crippen LogP contribution in [0.25, 0.3) is 10.8 Å². The van der Waals surface area contributed by atoms with Gasteiger partial charge in [-0.3, -0.25) is 4.79 Å². The Hall–Kier alpha value is -3.26. The first-order valence-corrected chi connectivity index (χ1v) is 9.68. The normalized spacial score (nSPS) is 11.0. The Morgan fingerprint density at radius 1 is 1.18 bits per heavy atom. The van der Waals surface area contributed by atoms with Crippen molar-refractivity contribution in [1.29, 1.82) is 0 Å². The molecule has 0 fully saturated rings. The molecular formula is C20H19N5O2S. The third-order valence-corrected chi connectivity index (χ3v) is 5.37. The smallest absolute Gasteiger partial charge is 0.278 e. The standard InChI is InChI=1S/C20H19N5O2S/c1-12-7-4-5-8-15(12)21-19(26)18-13(2)25(24-23-18)11-16-14(3)27-20(22-16)17-9-6-10-28-17/h4-10H,11H2,1-3H3,(H,21,26). The third kappa shape index (κ3) is 3.46. The molecule has 0 saturated heterocycles. The highest BCUT2D eigenvalue weighted by Crippen LogP contribution is 2.26. The van der Waals surface area contributed by atoms with Crippen molar-refractivity contribution < 1.29 is 9.21 Å². The summed E-state index contributed by atoms with van der Waals surface area (Å²) in [6, 6.07) is 11.5. The lowest BCUT2D eigenvalue weighted by Crippen LogP contribution is -2.15. The number of anilines is 1. The van der Waals surface area contributed by atoms with Crippen LogP contribution in [0, 0.1) is 20.8 Å². The Bertz CT molecular complexity index is 1130. The average molecular weight is 393 g/mol. The number of hydrogen-bond donors (Lipinski definition) is 1. The molecule has 1 aromatic carbocycles. The summed E-state index contributed by atoms with van der Waals surface area (Å²) in [5.41, 5.74) is 3.48. The van der Waals surface area contributed by atoms with Crippen LogP contribution < -0.4 is 5.32 Å². The topological polar surface area (TPSA) is 85.8 Å². The molecule has 142 valence electrons. The number of hydrogen-bond acceptors (Lipinski definition) is 6. The van der Waals surface area contributed by atoms with Gasteiger partial charge in [0.05, 0.1) is 17.1 Å². The molecule has 3 aromatic heterocycles. The van der Waals surface area contributed by atoms with Gasteiger partial charge in [-0.05, 0) is 43.8 Å². The second-order valence-corrected chi connectivity index (χ2v) is 7.40. The summed E-state index contributed by atoms with van der Waals surface area (Å²) in [6.07, 6.45) is 0. The summed E-state index contributed by atoms with van der Waals surface area (Å²) in [7, 11) is 0. The van der Waals surface area contributed by atoms with Crippen molar-refractivity contribution in [3.8, 4) is 10.8 Å². The average Bonchev–Trinajstić information content (AvgIpc) is 3.40. The Morgan fingerprint density at radius 3 is 2.75 bits per heavy atom. The zero-order chi connectivity index (χ0) is 19.7. The lowest BCUT2D eigenvalue weighted by molar-refractivity contribution is 0.102. The molecule has 0 atom stereocenters. The monoisotopic (exact) mass is 393 g/mol. The van der Waals surface area contributed by atoms with Gasteiger partial charge in [0.2, 0.25) is 5.89 Å². The molecule has 0 aliphatic rings. The van der Waals surface area contributed by atoms with Gasteiger partial charge in [0.15, 0.2) is 5.69 Å². The minimum atomic E-state index is -0.283. The van der Waals surface area contributed by atoms with Crippen LogP contribution in [-0.4, -0.2) is 25.9 Å². The van der Waals surface area contributed by atoms with E-state index in [-0.39, 0.29) is 5.91 Å². The van der Waals surface area contributed by atoms with E-state index in [2.05, 4.69) is 20.6 Å². The predicted octanol–water partition coefficient (Wildman–Crippen LogP) is 4.22. The molecule has 0 bridgehead atoms. The minimum absolute atomic E-state index is 0.283. The number of aromatic nitrogens is 4. The van der Waals surface area contributed by atoms with E-state index in [4.69, 9.17) is 4.42 Å². The molecule has 0 unspecified atom stereocenters. The van der Waals surface area contributed by atoms with Crippen molar-refractivity contribution in [1.82, 2.24) is 20.0 Å². The Morgan fingerprint density at radius 2 is 2.00 bits per heavy atom. The van der Waals surface area contributed by atoms with Crippen LogP contribution in [0.15, 0.2) is 46.2 Å². The Labute approximate surface area is 166 Å². The minimum Gasteiger partial charge on any atom is -0.440 e. The lowest BCUT2D eigenvalue weighted by Gasteiger charge is -2.07. The fourth-order valence-corrected chi connectivity index (χ4v) is 3.49. The van der Waals surface area contributed by atoms with Crippen molar-refractivity contribution in [3.05, 3.63) is 70.2 Å². The molecule has 7 nitrogen and oxygen atoms in total. The van der Waals surface area contributed by atoms with Crippen molar-refractivity contribution in [2.24, 2.45) is 0 Å². The summed E-state index contributed by atoms with van der Waals surface area (Å²) < 4.78 is 7.44. The van der Waals surface area contributed by atoms with Gasteiger partial charge < -0.3 is 9.73 Å². The number of oxazole rings is 1. The lowest BCUT2D eigenvalue weighted by atomic mass is 10.2. The molecule has 4 rings (SSSR count). The fourth-order valence-electron chi connectivity index (χ4n) is 2.84. The van der Waals surface area contributed by atoms with Crippen LogP contribution in [0.2, 0.25) is 0 Å². The van der Waals surface area contributed by atoms with Gasteiger partial charge in [-0.1, -0.05) is 29.5 Å². The number of para-hydroxylation sites is 1. The van der Waals surface area contributed by atoms with E-state index in [0.29, 0.717) is 23.8 Å². The van der Waals surface area contributed by atoms with Crippen molar-refractivity contribution in [3.63, 3.8) is 0 Å². The number of thiophene rings is 1. The number of aryl methyl sites for hydroxylation is 2. The molecule has 0 aliphatic carbocycles. The number of rotatable bonds is 5. The number of nitrogens with zero attached hydrogens (tertiary/aromatic N) is 4. The summed E-state index contributed by atoms with van der Waals surface area (Å²) in [5, 5.41) is 13.1. The SMILES string of the molecule is Cc1ccccc1NC(=O)c1nnn(Cc2nc(-c3cccs3)oc2C)c1C. The summed E-state index contributed by atoms with van der Waals surface area (Å²) in [4.78, 5) is 18.2. The number of carbonyl (C=O) groups excluding carboxylic acids is 1. The maximum Gasteiger partial charge on any atom is 0.278 e. The van der Waals surface area contributed by atoms with E-state index >= 15 is 0 Å². The quantitative estimate of drug-likeness (QED) is 0.549. The molecule has 0 aliphatic heterocycles. The molecule has 28 heavy (non-hydrogen) atoms. The molecule has 8 heteroatoms. The van der Waals surface area contributed by atoms with E-state index in [9.17, 15) is 4.79 Å². The Kier molecular flexibility index (Phi) is 4.79. The second kappa shape index (κ2) is 7.40. The van der Waals surface area contributed by atoms with Crippen LogP contribution in [0.4, 0.5) is 5.69 Å². The van der Waals surface area contributed by atoms with E-state index < -0.39 is 0 Å². The van der Waals surface area contributed by atoms with Crippen LogP contribution in [-0.2, 0) is 6.54 Å². The van der Waals surface area contributed by atoms with Gasteiger partial charge in [-0.25, -0.2) is 9.67 Å². The molecule has 1 amide bonds. The van der Waals surface area contributed by atoms with Crippen LogP contribution in [0.5, 0.6) is 0 Å². The van der Waals surface area contributed by atoms with E-state index in [1.165, 1.54) is 0 Å². The molecule has 1 N–H and O–H groups in total. The molecular weight excluding hydrogens is 374 g/mol. The van der Waals surface area contributed by atoms with Crippen molar-refractivity contribution in [2.45, 2.75) is 27.3 Å². The Balaban J connectivity index is 1.54. The van der Waals surface area contributed by atoms with E-state index in [1.54, 1.807) is 16.0 Å². The highest BCUT2D eigenvalue weighted by Gasteiger charge is 2.19. The third-order valence-electron chi connectivity index (χ3n) is 4.52. The number of benzene rings is 1. The molecule has 0 saturated carbocycles. The highest BCUT2D eigenvalue weighted by molar-refractivity contribution is 7.13. The largest absolute Gasteiger partial charge is 0.440 e. The van der Waals surface area contributed by atoms with Crippen LogP contribution >= 0.6 is 11.3 Å². The maximum absolute atomic E-state index is 12.6. The van der Waals surface area contributed by atoms with Gasteiger partial charge in [0.25, 0.3) is 5.91 Å². The molecule has 0 radical (unpaired) electrons.